The number of aliphatic hydroxyl groups excluding tert-OH is 2. The van der Waals surface area contributed by atoms with Crippen molar-refractivity contribution in [1.82, 2.24) is 0 Å². The molecule has 10 N–H and O–H groups in total. The number of phenols is 6. The number of phenolic OH excluding ortho intramolecular Hbond substituents is 6. The molecule has 0 radical (unpaired) electrons. The number of Topliss-reactive ketones (excluding diaryl/α,β-unsaturated/α-hetero) is 2. The number of carbonyl (C=O) groups excluding carboxylic acids is 2. The molecular weight excluding hydrogens is 833 g/mol. The maximum absolute atomic E-state index is 14.3. The maximum Gasteiger partial charge on any atom is 0.343 e. The summed E-state index contributed by atoms with van der Waals surface area (Å²) in [4.78, 5) is 55.4. The van der Waals surface area contributed by atoms with Crippen molar-refractivity contribution in [3.05, 3.63) is 113 Å². The van der Waals surface area contributed by atoms with Crippen LogP contribution in [0.15, 0.2) is 66.3 Å². The second-order valence-corrected chi connectivity index (χ2v) is 16.9. The van der Waals surface area contributed by atoms with Gasteiger partial charge < -0.3 is 59.9 Å². The molecule has 2 heterocycles. The summed E-state index contributed by atoms with van der Waals surface area (Å²) < 4.78 is 10.6. The monoisotopic (exact) mass is 874 g/mol. The van der Waals surface area contributed by atoms with Gasteiger partial charge in [-0.15, -0.1) is 0 Å². The van der Waals surface area contributed by atoms with Crippen molar-refractivity contribution < 1.29 is 69.5 Å². The van der Waals surface area contributed by atoms with Crippen LogP contribution in [0.3, 0.4) is 0 Å². The van der Waals surface area contributed by atoms with E-state index in [0.29, 0.717) is 11.1 Å². The number of benzene rings is 4. The van der Waals surface area contributed by atoms with Gasteiger partial charge in [0.2, 0.25) is 11.6 Å². The van der Waals surface area contributed by atoms with Crippen LogP contribution in [0.2, 0.25) is 0 Å². The summed E-state index contributed by atoms with van der Waals surface area (Å²) in [7, 11) is 0. The van der Waals surface area contributed by atoms with E-state index in [2.05, 4.69) is 0 Å². The zero-order valence-corrected chi connectivity index (χ0v) is 35.1. The van der Waals surface area contributed by atoms with Crippen molar-refractivity contribution in [1.29, 1.82) is 0 Å². The number of allylic oxidation sites excluding steroid dienone is 4. The summed E-state index contributed by atoms with van der Waals surface area (Å²) in [6, 6.07) is 6.94. The van der Waals surface area contributed by atoms with Crippen molar-refractivity contribution >= 4 is 44.7 Å². The van der Waals surface area contributed by atoms with Gasteiger partial charge in [-0.05, 0) is 60.8 Å². The number of fused-ring (bicyclic) bond motifs is 4. The first-order chi connectivity index (χ1) is 30.0. The van der Waals surface area contributed by atoms with E-state index in [4.69, 9.17) is 8.83 Å². The fraction of sp³-hybridized carbons (Fsp3) is 0.250. The number of hydrogen-bond donors (Lipinski definition) is 10. The number of rotatable bonds is 7. The van der Waals surface area contributed by atoms with Crippen LogP contribution >= 0.6 is 0 Å². The second-order valence-electron chi connectivity index (χ2n) is 16.9. The van der Waals surface area contributed by atoms with Gasteiger partial charge in [0.15, 0.2) is 11.5 Å². The highest BCUT2D eigenvalue weighted by molar-refractivity contribution is 6.11. The van der Waals surface area contributed by atoms with E-state index in [0.717, 1.165) is 24.3 Å². The molecule has 0 saturated carbocycles. The summed E-state index contributed by atoms with van der Waals surface area (Å²) >= 11 is 0. The molecule has 2 aliphatic rings. The Morgan fingerprint density at radius 2 is 0.844 bits per heavy atom. The molecule has 4 aromatic carbocycles. The number of aromatic hydroxyl groups is 8. The molecule has 0 saturated heterocycles. The minimum Gasteiger partial charge on any atom is -0.508 e. The van der Waals surface area contributed by atoms with Crippen LogP contribution in [0, 0.1) is 25.7 Å². The Hall–Kier alpha value is -7.88. The zero-order chi connectivity index (χ0) is 46.7. The molecule has 0 aliphatic heterocycles. The molecule has 0 spiro atoms. The molecule has 2 aromatic heterocycles. The first kappa shape index (κ1) is 42.8. The third-order valence-corrected chi connectivity index (χ3v) is 12.3. The number of ketones is 2. The molecule has 6 aromatic rings. The van der Waals surface area contributed by atoms with Crippen molar-refractivity contribution in [3.63, 3.8) is 0 Å². The largest absolute Gasteiger partial charge is 0.508 e. The van der Waals surface area contributed by atoms with Crippen LogP contribution in [-0.2, 0) is 22.4 Å². The quantitative estimate of drug-likeness (QED) is 0.0695. The van der Waals surface area contributed by atoms with Gasteiger partial charge in [-0.25, -0.2) is 9.59 Å². The lowest BCUT2D eigenvalue weighted by Gasteiger charge is -2.33. The number of carbonyl (C=O) groups is 2. The molecule has 2 atom stereocenters. The number of hydrogen-bond acceptors (Lipinski definition) is 16. The van der Waals surface area contributed by atoms with E-state index < -0.39 is 128 Å². The van der Waals surface area contributed by atoms with Crippen molar-refractivity contribution in [3.8, 4) is 57.1 Å². The molecule has 16 heteroatoms. The van der Waals surface area contributed by atoms with E-state index >= 15 is 0 Å². The van der Waals surface area contributed by atoms with E-state index in [1.165, 1.54) is 0 Å². The van der Waals surface area contributed by atoms with Gasteiger partial charge in [-0.1, -0.05) is 39.8 Å². The SMILES string of the molecule is Cc1cc2c(c(O)c1-c1c(C)cc3c(c1O)C(Cc1c(O)c4c(O)cc(O)cc4oc1=O)C(=O)C(O)=C3C(C)C)C(Cc1c(O)c3c(O)cc(O)cc3oc1=O)C(=O)C(O)=C2C(C)C. The van der Waals surface area contributed by atoms with E-state index in [1.807, 2.05) is 0 Å². The predicted octanol–water partition coefficient (Wildman–Crippen LogP) is 7.50. The van der Waals surface area contributed by atoms with E-state index in [-0.39, 0.29) is 66.5 Å². The van der Waals surface area contributed by atoms with Gasteiger partial charge in [-0.3, -0.25) is 9.59 Å². The summed E-state index contributed by atoms with van der Waals surface area (Å²) in [5, 5.41) is 111. The van der Waals surface area contributed by atoms with Crippen LogP contribution in [-0.4, -0.2) is 62.6 Å². The van der Waals surface area contributed by atoms with Crippen molar-refractivity contribution in [2.75, 3.05) is 0 Å². The highest BCUT2D eigenvalue weighted by Gasteiger charge is 2.43. The molecular formula is C48H42O16. The highest BCUT2D eigenvalue weighted by atomic mass is 16.4. The Morgan fingerprint density at radius 1 is 0.500 bits per heavy atom. The average Bonchev–Trinajstić information content (AvgIpc) is 3.18. The molecule has 64 heavy (non-hydrogen) atoms. The highest BCUT2D eigenvalue weighted by Crippen LogP contribution is 2.55. The second kappa shape index (κ2) is 14.9. The first-order valence-corrected chi connectivity index (χ1v) is 20.1. The number of aliphatic hydroxyl groups is 2. The molecule has 330 valence electrons. The predicted molar refractivity (Wildman–Crippen MR) is 231 cm³/mol. The summed E-state index contributed by atoms with van der Waals surface area (Å²) in [5.74, 6) is -12.3. The van der Waals surface area contributed by atoms with Crippen LogP contribution in [0.25, 0.3) is 44.2 Å². The Labute approximate surface area is 361 Å². The minimum absolute atomic E-state index is 0.0457. The molecule has 0 fully saturated rings. The Balaban J connectivity index is 1.37. The van der Waals surface area contributed by atoms with Gasteiger partial charge in [0.05, 0.1) is 23.0 Å². The Kier molecular flexibility index (Phi) is 9.96. The van der Waals surface area contributed by atoms with Crippen molar-refractivity contribution in [2.24, 2.45) is 11.8 Å². The van der Waals surface area contributed by atoms with Crippen LogP contribution in [0.5, 0.6) is 46.0 Å². The average molecular weight is 875 g/mol. The molecule has 0 amide bonds. The normalized spacial score (nSPS) is 16.4. The topological polar surface area (TPSA) is 297 Å². The van der Waals surface area contributed by atoms with Gasteiger partial charge in [0, 0.05) is 57.7 Å². The third-order valence-electron chi connectivity index (χ3n) is 12.3. The standard InChI is InChI=1S/C48H42O16/c1-15(2)31-21-7-17(5)33(43(57)35(21)23(41(55)45(31)59)13-25-39(53)37-27(51)9-19(49)11-29(37)63-47(25)61)34-18(6)8-22-32(16(3)4)46(60)42(56)24(36(22)44(34)58)14-26-40(54)38-28(52)10-20(50)12-30(38)64-48(26)62/h7-12,15-16,23-24,49-54,57-60H,13-14H2,1-6H3. The third kappa shape index (κ3) is 6.27. The fourth-order valence-electron chi connectivity index (χ4n) is 9.48. The maximum atomic E-state index is 14.3. The van der Waals surface area contributed by atoms with Gasteiger partial charge in [0.25, 0.3) is 0 Å². The zero-order valence-electron chi connectivity index (χ0n) is 35.1. The lowest BCUT2D eigenvalue weighted by atomic mass is 9.71. The molecule has 16 nitrogen and oxygen atoms in total. The van der Waals surface area contributed by atoms with Crippen LogP contribution in [0.1, 0.15) is 84.0 Å². The first-order valence-electron chi connectivity index (χ1n) is 20.1. The fourth-order valence-corrected chi connectivity index (χ4v) is 9.48. The summed E-state index contributed by atoms with van der Waals surface area (Å²) in [6.45, 7) is 10.00. The van der Waals surface area contributed by atoms with Crippen molar-refractivity contribution in [2.45, 2.75) is 66.2 Å². The van der Waals surface area contributed by atoms with Gasteiger partial charge in [-0.2, -0.15) is 0 Å². The molecule has 0 bridgehead atoms. The minimum atomic E-state index is -1.59. The van der Waals surface area contributed by atoms with Crippen LogP contribution in [0.4, 0.5) is 0 Å². The molecule has 2 aliphatic carbocycles. The Bertz CT molecular complexity index is 3070. The summed E-state index contributed by atoms with van der Waals surface area (Å²) in [6.07, 6.45) is -1.36. The van der Waals surface area contributed by atoms with Gasteiger partial charge >= 0.3 is 11.3 Å². The Morgan fingerprint density at radius 3 is 1.17 bits per heavy atom. The molecule has 2 unspecified atom stereocenters. The van der Waals surface area contributed by atoms with Crippen LogP contribution < -0.4 is 11.3 Å². The number of aryl methyl sites for hydroxylation is 2. The lowest BCUT2D eigenvalue weighted by molar-refractivity contribution is -0.120. The van der Waals surface area contributed by atoms with E-state index in [1.54, 1.807) is 53.7 Å². The molecule has 8 rings (SSSR count). The lowest BCUT2D eigenvalue weighted by Crippen LogP contribution is -2.28. The smallest absolute Gasteiger partial charge is 0.343 e. The van der Waals surface area contributed by atoms with E-state index in [9.17, 15) is 70.2 Å². The summed E-state index contributed by atoms with van der Waals surface area (Å²) in [5.41, 5.74) is -3.00. The van der Waals surface area contributed by atoms with Gasteiger partial charge in [0.1, 0.15) is 67.9 Å².